The summed E-state index contributed by atoms with van der Waals surface area (Å²) >= 11 is 0. The van der Waals surface area contributed by atoms with Gasteiger partial charge in [0, 0.05) is 30.2 Å². The van der Waals surface area contributed by atoms with Gasteiger partial charge in [0.15, 0.2) is 0 Å². The van der Waals surface area contributed by atoms with E-state index in [4.69, 9.17) is 0 Å². The van der Waals surface area contributed by atoms with Gasteiger partial charge in [-0.3, -0.25) is 4.79 Å². The molecule has 0 saturated heterocycles. The highest BCUT2D eigenvalue weighted by molar-refractivity contribution is 5.80. The molecule has 1 aliphatic carbocycles. The molecule has 0 unspecified atom stereocenters. The molecule has 1 amide bonds. The van der Waals surface area contributed by atoms with E-state index in [2.05, 4.69) is 21.4 Å². The Hall–Kier alpha value is -1.84. The van der Waals surface area contributed by atoms with Gasteiger partial charge in [-0.05, 0) is 37.0 Å². The number of nitrogens with one attached hydrogen (secondary N) is 2. The van der Waals surface area contributed by atoms with E-state index in [9.17, 15) is 4.79 Å². The molecule has 4 heteroatoms. The minimum absolute atomic E-state index is 0.221. The molecule has 0 bridgehead atoms. The third kappa shape index (κ3) is 2.10. The maximum absolute atomic E-state index is 11.7. The van der Waals surface area contributed by atoms with Crippen molar-refractivity contribution in [2.24, 2.45) is 5.92 Å². The Kier molecular flexibility index (Phi) is 3.00. The minimum atomic E-state index is 0.221. The number of hydrogen-bond donors (Lipinski definition) is 2. The molecule has 1 aliphatic rings. The molecule has 2 aromatic rings. The predicted molar refractivity (Wildman–Crippen MR) is 70.1 cm³/mol. The number of nitrogens with zero attached hydrogens (tertiary/aromatic N) is 1. The Morgan fingerprint density at radius 1 is 1.50 bits per heavy atom. The number of pyridine rings is 1. The molecule has 1 fully saturated rings. The Morgan fingerprint density at radius 3 is 3.17 bits per heavy atom. The zero-order chi connectivity index (χ0) is 12.4. The van der Waals surface area contributed by atoms with Crippen molar-refractivity contribution in [1.82, 2.24) is 15.3 Å². The molecule has 94 valence electrons. The maximum Gasteiger partial charge on any atom is 0.223 e. The lowest BCUT2D eigenvalue weighted by Gasteiger charge is -2.23. The largest absolute Gasteiger partial charge is 0.356 e. The molecule has 4 nitrogen and oxygen atoms in total. The first-order chi connectivity index (χ1) is 8.84. The van der Waals surface area contributed by atoms with E-state index in [1.54, 1.807) is 6.20 Å². The van der Waals surface area contributed by atoms with E-state index >= 15 is 0 Å². The van der Waals surface area contributed by atoms with Crippen LogP contribution < -0.4 is 5.32 Å². The summed E-state index contributed by atoms with van der Waals surface area (Å²) in [5.41, 5.74) is 2.13. The van der Waals surface area contributed by atoms with Crippen LogP contribution in [0.15, 0.2) is 24.5 Å². The van der Waals surface area contributed by atoms with Crippen LogP contribution in [0.5, 0.6) is 0 Å². The third-order valence-electron chi connectivity index (χ3n) is 3.71. The van der Waals surface area contributed by atoms with Crippen molar-refractivity contribution in [3.63, 3.8) is 0 Å². The van der Waals surface area contributed by atoms with Gasteiger partial charge in [-0.25, -0.2) is 4.98 Å². The summed E-state index contributed by atoms with van der Waals surface area (Å²) in [6.07, 6.45) is 7.93. The molecule has 0 aromatic carbocycles. The molecule has 0 aliphatic heterocycles. The quantitative estimate of drug-likeness (QED) is 0.863. The van der Waals surface area contributed by atoms with Gasteiger partial charge in [-0.15, -0.1) is 0 Å². The highest BCUT2D eigenvalue weighted by atomic mass is 16.1. The second kappa shape index (κ2) is 4.80. The van der Waals surface area contributed by atoms with E-state index in [1.807, 2.05) is 12.3 Å². The average Bonchev–Trinajstić information content (AvgIpc) is 2.71. The first-order valence-electron chi connectivity index (χ1n) is 6.53. The molecule has 2 N–H and O–H groups in total. The van der Waals surface area contributed by atoms with Gasteiger partial charge < -0.3 is 10.3 Å². The zero-order valence-corrected chi connectivity index (χ0v) is 10.3. The van der Waals surface area contributed by atoms with Gasteiger partial charge in [-0.1, -0.05) is 6.42 Å². The standard InChI is InChI=1S/C14H17N3O/c18-14(10-3-1-4-10)16-8-6-11-9-17-13-12(11)5-2-7-15-13/h2,5,7,9-10H,1,3-4,6,8H2,(H,15,17)(H,16,18). The van der Waals surface area contributed by atoms with Crippen molar-refractivity contribution in [2.45, 2.75) is 25.7 Å². The molecule has 2 aromatic heterocycles. The van der Waals surface area contributed by atoms with Crippen LogP contribution in [0.4, 0.5) is 0 Å². The van der Waals surface area contributed by atoms with E-state index in [0.29, 0.717) is 6.54 Å². The number of amides is 1. The lowest BCUT2D eigenvalue weighted by Crippen LogP contribution is -2.35. The van der Waals surface area contributed by atoms with Crippen LogP contribution in [0.1, 0.15) is 24.8 Å². The highest BCUT2D eigenvalue weighted by Crippen LogP contribution is 2.26. The van der Waals surface area contributed by atoms with Crippen molar-refractivity contribution < 1.29 is 4.79 Å². The van der Waals surface area contributed by atoms with Crippen LogP contribution >= 0.6 is 0 Å². The fraction of sp³-hybridized carbons (Fsp3) is 0.429. The molecule has 0 spiro atoms. The molecule has 0 radical (unpaired) electrons. The Labute approximate surface area is 106 Å². The number of aromatic nitrogens is 2. The first kappa shape index (κ1) is 11.3. The van der Waals surface area contributed by atoms with Crippen LogP contribution in [-0.2, 0) is 11.2 Å². The molecular formula is C14H17N3O. The maximum atomic E-state index is 11.7. The Morgan fingerprint density at radius 2 is 2.39 bits per heavy atom. The number of aromatic amines is 1. The number of carbonyl (C=O) groups excluding carboxylic acids is 1. The van der Waals surface area contributed by atoms with Crippen molar-refractivity contribution >= 4 is 16.9 Å². The summed E-state index contributed by atoms with van der Waals surface area (Å²) in [5, 5.41) is 4.16. The van der Waals surface area contributed by atoms with Crippen LogP contribution in [0.2, 0.25) is 0 Å². The van der Waals surface area contributed by atoms with E-state index in [-0.39, 0.29) is 11.8 Å². The molecule has 0 atom stereocenters. The van der Waals surface area contributed by atoms with Crippen molar-refractivity contribution in [3.8, 4) is 0 Å². The lowest BCUT2D eigenvalue weighted by atomic mass is 9.85. The van der Waals surface area contributed by atoms with Crippen LogP contribution in [0, 0.1) is 5.92 Å². The Balaban J connectivity index is 1.58. The second-order valence-corrected chi connectivity index (χ2v) is 4.88. The molecule has 18 heavy (non-hydrogen) atoms. The van der Waals surface area contributed by atoms with Crippen LogP contribution in [0.3, 0.4) is 0 Å². The minimum Gasteiger partial charge on any atom is -0.356 e. The van der Waals surface area contributed by atoms with Crippen LogP contribution in [0.25, 0.3) is 11.0 Å². The SMILES string of the molecule is O=C(NCCc1c[nH]c2ncccc12)C1CCC1. The molecule has 2 heterocycles. The fourth-order valence-corrected chi connectivity index (χ4v) is 2.35. The van der Waals surface area contributed by atoms with E-state index < -0.39 is 0 Å². The Bertz CT molecular complexity index is 557. The summed E-state index contributed by atoms with van der Waals surface area (Å²) in [4.78, 5) is 19.1. The van der Waals surface area contributed by atoms with Gasteiger partial charge >= 0.3 is 0 Å². The highest BCUT2D eigenvalue weighted by Gasteiger charge is 2.24. The normalized spacial score (nSPS) is 15.6. The third-order valence-corrected chi connectivity index (χ3v) is 3.71. The van der Waals surface area contributed by atoms with Gasteiger partial charge in [0.05, 0.1) is 0 Å². The van der Waals surface area contributed by atoms with Crippen molar-refractivity contribution in [3.05, 3.63) is 30.1 Å². The zero-order valence-electron chi connectivity index (χ0n) is 10.3. The number of hydrogen-bond acceptors (Lipinski definition) is 2. The first-order valence-corrected chi connectivity index (χ1v) is 6.53. The summed E-state index contributed by atoms with van der Waals surface area (Å²) < 4.78 is 0. The topological polar surface area (TPSA) is 57.8 Å². The number of rotatable bonds is 4. The van der Waals surface area contributed by atoms with Gasteiger partial charge in [0.25, 0.3) is 0 Å². The summed E-state index contributed by atoms with van der Waals surface area (Å²) in [7, 11) is 0. The van der Waals surface area contributed by atoms with Crippen molar-refractivity contribution in [2.75, 3.05) is 6.54 Å². The van der Waals surface area contributed by atoms with Gasteiger partial charge in [-0.2, -0.15) is 0 Å². The van der Waals surface area contributed by atoms with Crippen molar-refractivity contribution in [1.29, 1.82) is 0 Å². The van der Waals surface area contributed by atoms with Crippen LogP contribution in [-0.4, -0.2) is 22.4 Å². The summed E-state index contributed by atoms with van der Waals surface area (Å²) in [6, 6.07) is 3.99. The smallest absolute Gasteiger partial charge is 0.223 e. The number of fused-ring (bicyclic) bond motifs is 1. The second-order valence-electron chi connectivity index (χ2n) is 4.88. The number of H-pyrrole nitrogens is 1. The van der Waals surface area contributed by atoms with Gasteiger partial charge in [0.1, 0.15) is 5.65 Å². The monoisotopic (exact) mass is 243 g/mol. The molecule has 1 saturated carbocycles. The predicted octanol–water partition coefficient (Wildman–Crippen LogP) is 2.02. The van der Waals surface area contributed by atoms with E-state index in [0.717, 1.165) is 30.3 Å². The molecule has 3 rings (SSSR count). The summed E-state index contributed by atoms with van der Waals surface area (Å²) in [5.74, 6) is 0.494. The summed E-state index contributed by atoms with van der Waals surface area (Å²) in [6.45, 7) is 0.706. The fourth-order valence-electron chi connectivity index (χ4n) is 2.35. The average molecular weight is 243 g/mol. The lowest BCUT2D eigenvalue weighted by molar-refractivity contribution is -0.127. The van der Waals surface area contributed by atoms with E-state index in [1.165, 1.54) is 12.0 Å². The molecular weight excluding hydrogens is 226 g/mol. The number of carbonyl (C=O) groups is 1. The van der Waals surface area contributed by atoms with Gasteiger partial charge in [0.2, 0.25) is 5.91 Å².